The molecule has 98 valence electrons. The predicted octanol–water partition coefficient (Wildman–Crippen LogP) is 3.99. The zero-order valence-electron chi connectivity index (χ0n) is 9.70. The first kappa shape index (κ1) is 13.7. The lowest BCUT2D eigenvalue weighted by atomic mass is 10.1. The molecule has 0 spiro atoms. The van der Waals surface area contributed by atoms with Crippen LogP contribution in [0.5, 0.6) is 5.75 Å². The summed E-state index contributed by atoms with van der Waals surface area (Å²) >= 11 is 3.03. The SMILES string of the molecule is O=C(COc1cc(Br)cc(F)c1F)c1ccccc1. The highest BCUT2D eigenvalue weighted by Gasteiger charge is 2.13. The van der Waals surface area contributed by atoms with Crippen LogP contribution in [0.4, 0.5) is 8.78 Å². The number of ether oxygens (including phenoxy) is 1. The smallest absolute Gasteiger partial charge is 0.200 e. The standard InChI is InChI=1S/C14H9BrF2O2/c15-10-6-11(16)14(17)13(7-10)19-8-12(18)9-4-2-1-3-5-9/h1-7H,8H2. The molecule has 0 heterocycles. The van der Waals surface area contributed by atoms with Crippen LogP contribution in [0, 0.1) is 11.6 Å². The van der Waals surface area contributed by atoms with Gasteiger partial charge in [-0.05, 0) is 12.1 Å². The van der Waals surface area contributed by atoms with Gasteiger partial charge >= 0.3 is 0 Å². The van der Waals surface area contributed by atoms with E-state index >= 15 is 0 Å². The van der Waals surface area contributed by atoms with Gasteiger partial charge in [-0.2, -0.15) is 4.39 Å². The van der Waals surface area contributed by atoms with Crippen molar-refractivity contribution in [1.29, 1.82) is 0 Å². The first-order chi connectivity index (χ1) is 9.08. The van der Waals surface area contributed by atoms with Gasteiger partial charge in [-0.1, -0.05) is 46.3 Å². The first-order valence-electron chi connectivity index (χ1n) is 5.43. The fourth-order valence-corrected chi connectivity index (χ4v) is 1.90. The van der Waals surface area contributed by atoms with Crippen molar-refractivity contribution in [2.75, 3.05) is 6.61 Å². The monoisotopic (exact) mass is 326 g/mol. The van der Waals surface area contributed by atoms with Crippen molar-refractivity contribution < 1.29 is 18.3 Å². The van der Waals surface area contributed by atoms with Crippen LogP contribution in [0.15, 0.2) is 46.9 Å². The first-order valence-corrected chi connectivity index (χ1v) is 6.23. The number of rotatable bonds is 4. The van der Waals surface area contributed by atoms with Gasteiger partial charge in [-0.25, -0.2) is 4.39 Å². The molecule has 5 heteroatoms. The highest BCUT2D eigenvalue weighted by Crippen LogP contribution is 2.25. The van der Waals surface area contributed by atoms with Crippen molar-refractivity contribution in [3.8, 4) is 5.75 Å². The molecule has 0 atom stereocenters. The van der Waals surface area contributed by atoms with E-state index in [1.165, 1.54) is 6.07 Å². The molecule has 2 rings (SSSR count). The van der Waals surface area contributed by atoms with Crippen LogP contribution >= 0.6 is 15.9 Å². The molecule has 0 aliphatic rings. The van der Waals surface area contributed by atoms with E-state index in [-0.39, 0.29) is 18.1 Å². The van der Waals surface area contributed by atoms with Gasteiger partial charge < -0.3 is 4.74 Å². The van der Waals surface area contributed by atoms with E-state index in [4.69, 9.17) is 4.74 Å². The van der Waals surface area contributed by atoms with Gasteiger partial charge in [0.1, 0.15) is 0 Å². The fourth-order valence-electron chi connectivity index (χ4n) is 1.49. The number of halogens is 3. The molecule has 2 nitrogen and oxygen atoms in total. The largest absolute Gasteiger partial charge is 0.482 e. The lowest BCUT2D eigenvalue weighted by molar-refractivity contribution is 0.0918. The molecule has 2 aromatic rings. The summed E-state index contributed by atoms with van der Waals surface area (Å²) in [4.78, 5) is 11.7. The molecule has 0 radical (unpaired) electrons. The summed E-state index contributed by atoms with van der Waals surface area (Å²) in [6, 6.07) is 10.7. The Balaban J connectivity index is 2.09. The summed E-state index contributed by atoms with van der Waals surface area (Å²) in [5, 5.41) is 0. The molecule has 0 aromatic heterocycles. The Bertz CT molecular complexity index is 600. The fraction of sp³-hybridized carbons (Fsp3) is 0.0714. The molecule has 0 N–H and O–H groups in total. The van der Waals surface area contributed by atoms with Crippen LogP contribution in [0.25, 0.3) is 0 Å². The third-order valence-electron chi connectivity index (χ3n) is 2.41. The van der Waals surface area contributed by atoms with Crippen LogP contribution in [0.3, 0.4) is 0 Å². The van der Waals surface area contributed by atoms with Crippen molar-refractivity contribution >= 4 is 21.7 Å². The minimum Gasteiger partial charge on any atom is -0.482 e. The minimum absolute atomic E-state index is 0.295. The van der Waals surface area contributed by atoms with Gasteiger partial charge in [-0.3, -0.25) is 4.79 Å². The average molecular weight is 327 g/mol. The summed E-state index contributed by atoms with van der Waals surface area (Å²) in [5.74, 6) is -2.74. The zero-order valence-corrected chi connectivity index (χ0v) is 11.3. The third-order valence-corrected chi connectivity index (χ3v) is 2.87. The number of ketones is 1. The second kappa shape index (κ2) is 5.93. The van der Waals surface area contributed by atoms with Crippen molar-refractivity contribution in [1.82, 2.24) is 0 Å². The molecule has 0 saturated heterocycles. The lowest BCUT2D eigenvalue weighted by Crippen LogP contribution is -2.12. The van der Waals surface area contributed by atoms with Crippen LogP contribution in [0.1, 0.15) is 10.4 Å². The summed E-state index contributed by atoms with van der Waals surface area (Å²) in [7, 11) is 0. The summed E-state index contributed by atoms with van der Waals surface area (Å²) in [5.41, 5.74) is 0.457. The Labute approximate surface area is 117 Å². The van der Waals surface area contributed by atoms with E-state index in [1.807, 2.05) is 0 Å². The van der Waals surface area contributed by atoms with Crippen LogP contribution < -0.4 is 4.74 Å². The van der Waals surface area contributed by atoms with E-state index in [0.717, 1.165) is 6.07 Å². The van der Waals surface area contributed by atoms with Crippen molar-refractivity contribution in [2.24, 2.45) is 0 Å². The number of hydrogen-bond donors (Lipinski definition) is 0. The molecule has 0 fully saturated rings. The Morgan fingerprint density at radius 1 is 1.16 bits per heavy atom. The Kier molecular flexibility index (Phi) is 4.27. The quantitative estimate of drug-likeness (QED) is 0.627. The maximum atomic E-state index is 13.4. The van der Waals surface area contributed by atoms with E-state index in [9.17, 15) is 13.6 Å². The van der Waals surface area contributed by atoms with E-state index in [2.05, 4.69) is 15.9 Å². The summed E-state index contributed by atoms with van der Waals surface area (Å²) in [6.07, 6.45) is 0. The maximum absolute atomic E-state index is 13.4. The molecule has 0 amide bonds. The molecule has 0 aliphatic heterocycles. The number of Topliss-reactive ketones (excluding diaryl/α,β-unsaturated/α-hetero) is 1. The molecule has 2 aromatic carbocycles. The van der Waals surface area contributed by atoms with Gasteiger partial charge in [0.05, 0.1) is 0 Å². The number of carbonyl (C=O) groups excluding carboxylic acids is 1. The molecular weight excluding hydrogens is 318 g/mol. The molecule has 0 aliphatic carbocycles. The third kappa shape index (κ3) is 3.38. The van der Waals surface area contributed by atoms with Crippen LogP contribution in [-0.2, 0) is 0 Å². The van der Waals surface area contributed by atoms with Crippen molar-refractivity contribution in [3.63, 3.8) is 0 Å². The normalized spacial score (nSPS) is 10.3. The minimum atomic E-state index is -1.11. The molecule has 0 saturated carbocycles. The second-order valence-corrected chi connectivity index (χ2v) is 4.69. The Morgan fingerprint density at radius 3 is 2.53 bits per heavy atom. The van der Waals surface area contributed by atoms with E-state index < -0.39 is 11.6 Å². The molecule has 0 bridgehead atoms. The molecular formula is C14H9BrF2O2. The molecule has 0 unspecified atom stereocenters. The summed E-state index contributed by atoms with van der Waals surface area (Å²) in [6.45, 7) is -0.350. The average Bonchev–Trinajstić information content (AvgIpc) is 2.41. The summed E-state index contributed by atoms with van der Waals surface area (Å²) < 4.78 is 31.9. The molecule has 19 heavy (non-hydrogen) atoms. The topological polar surface area (TPSA) is 26.3 Å². The van der Waals surface area contributed by atoms with Crippen molar-refractivity contribution in [3.05, 3.63) is 64.1 Å². The predicted molar refractivity (Wildman–Crippen MR) is 70.3 cm³/mol. The Morgan fingerprint density at radius 2 is 1.84 bits per heavy atom. The lowest BCUT2D eigenvalue weighted by Gasteiger charge is -2.07. The van der Waals surface area contributed by atoms with Gasteiger partial charge in [-0.15, -0.1) is 0 Å². The Hall–Kier alpha value is -1.75. The maximum Gasteiger partial charge on any atom is 0.200 e. The van der Waals surface area contributed by atoms with Gasteiger partial charge in [0.2, 0.25) is 5.82 Å². The van der Waals surface area contributed by atoms with Crippen LogP contribution in [0.2, 0.25) is 0 Å². The number of hydrogen-bond acceptors (Lipinski definition) is 2. The van der Waals surface area contributed by atoms with Gasteiger partial charge in [0, 0.05) is 10.0 Å². The van der Waals surface area contributed by atoms with Gasteiger partial charge in [0.25, 0.3) is 0 Å². The zero-order chi connectivity index (χ0) is 13.8. The highest BCUT2D eigenvalue weighted by molar-refractivity contribution is 9.10. The van der Waals surface area contributed by atoms with Crippen LogP contribution in [-0.4, -0.2) is 12.4 Å². The van der Waals surface area contributed by atoms with E-state index in [0.29, 0.717) is 10.0 Å². The van der Waals surface area contributed by atoms with Gasteiger partial charge in [0.15, 0.2) is 24.0 Å². The number of benzene rings is 2. The number of carbonyl (C=O) groups is 1. The second-order valence-electron chi connectivity index (χ2n) is 3.78. The van der Waals surface area contributed by atoms with E-state index in [1.54, 1.807) is 30.3 Å². The highest BCUT2D eigenvalue weighted by atomic mass is 79.9. The van der Waals surface area contributed by atoms with Crippen molar-refractivity contribution in [2.45, 2.75) is 0 Å².